The van der Waals surface area contributed by atoms with Crippen LogP contribution in [0.3, 0.4) is 0 Å². The molecular weight excluding hydrogens is 229 g/mol. The molecule has 2 aromatic heterocycles. The summed E-state index contributed by atoms with van der Waals surface area (Å²) in [6.07, 6.45) is 6.42. The van der Waals surface area contributed by atoms with E-state index in [9.17, 15) is 4.39 Å². The van der Waals surface area contributed by atoms with Crippen LogP contribution in [0.1, 0.15) is 37.1 Å². The summed E-state index contributed by atoms with van der Waals surface area (Å²) in [6, 6.07) is 5.65. The molecule has 1 N–H and O–H groups in total. The molecule has 0 aliphatic carbocycles. The van der Waals surface area contributed by atoms with Gasteiger partial charge in [-0.3, -0.25) is 9.97 Å². The van der Waals surface area contributed by atoms with Crippen molar-refractivity contribution in [2.24, 2.45) is 0 Å². The Balaban J connectivity index is 2.05. The van der Waals surface area contributed by atoms with E-state index in [1.165, 1.54) is 12.3 Å². The summed E-state index contributed by atoms with van der Waals surface area (Å²) < 4.78 is 13.1. The molecule has 4 heteroatoms. The highest BCUT2D eigenvalue weighted by Crippen LogP contribution is 2.18. The van der Waals surface area contributed by atoms with Gasteiger partial charge in [-0.25, -0.2) is 4.39 Å². The Bertz CT molecular complexity index is 501. The van der Waals surface area contributed by atoms with E-state index in [1.807, 2.05) is 19.1 Å². The normalized spacial score (nSPS) is 14.2. The molecule has 2 atom stereocenters. The molecule has 0 aliphatic rings. The van der Waals surface area contributed by atoms with E-state index >= 15 is 0 Å². The van der Waals surface area contributed by atoms with E-state index in [2.05, 4.69) is 22.2 Å². The SMILES string of the molecule is CC(NC(C)c1cncc(F)c1)c1ccncc1. The van der Waals surface area contributed by atoms with Gasteiger partial charge in [-0.15, -0.1) is 0 Å². The fourth-order valence-corrected chi connectivity index (χ4v) is 1.88. The summed E-state index contributed by atoms with van der Waals surface area (Å²) in [5, 5.41) is 3.41. The first-order valence-corrected chi connectivity index (χ1v) is 5.93. The van der Waals surface area contributed by atoms with Gasteiger partial charge in [0.1, 0.15) is 5.82 Å². The van der Waals surface area contributed by atoms with Gasteiger partial charge < -0.3 is 5.32 Å². The van der Waals surface area contributed by atoms with Crippen LogP contribution in [0.5, 0.6) is 0 Å². The number of aromatic nitrogens is 2. The van der Waals surface area contributed by atoms with E-state index in [4.69, 9.17) is 0 Å². The average Bonchev–Trinajstić information content (AvgIpc) is 2.39. The van der Waals surface area contributed by atoms with Crippen molar-refractivity contribution in [1.82, 2.24) is 15.3 Å². The van der Waals surface area contributed by atoms with Crippen LogP contribution in [0.2, 0.25) is 0 Å². The predicted octanol–water partition coefficient (Wildman–Crippen LogP) is 3.03. The molecule has 0 bridgehead atoms. The fourth-order valence-electron chi connectivity index (χ4n) is 1.88. The minimum absolute atomic E-state index is 0.0383. The highest BCUT2D eigenvalue weighted by molar-refractivity contribution is 5.18. The standard InChI is InChI=1S/C14H16FN3/c1-10(12-3-5-16-6-4-12)18-11(2)13-7-14(15)9-17-8-13/h3-11,18H,1-2H3. The lowest BCUT2D eigenvalue weighted by molar-refractivity contribution is 0.490. The quantitative estimate of drug-likeness (QED) is 0.899. The molecule has 0 aliphatic heterocycles. The maximum Gasteiger partial charge on any atom is 0.141 e. The van der Waals surface area contributed by atoms with Crippen molar-refractivity contribution in [2.75, 3.05) is 0 Å². The van der Waals surface area contributed by atoms with Gasteiger partial charge in [0.2, 0.25) is 0 Å². The second kappa shape index (κ2) is 5.69. The lowest BCUT2D eigenvalue weighted by atomic mass is 10.1. The average molecular weight is 245 g/mol. The van der Waals surface area contributed by atoms with Crippen molar-refractivity contribution >= 4 is 0 Å². The van der Waals surface area contributed by atoms with E-state index in [0.29, 0.717) is 0 Å². The second-order valence-corrected chi connectivity index (χ2v) is 4.33. The predicted molar refractivity (Wildman–Crippen MR) is 68.4 cm³/mol. The first kappa shape index (κ1) is 12.6. The van der Waals surface area contributed by atoms with Crippen LogP contribution in [0.25, 0.3) is 0 Å². The highest BCUT2D eigenvalue weighted by atomic mass is 19.1. The summed E-state index contributed by atoms with van der Waals surface area (Å²) in [4.78, 5) is 7.85. The van der Waals surface area contributed by atoms with Gasteiger partial charge in [-0.2, -0.15) is 0 Å². The van der Waals surface area contributed by atoms with Gasteiger partial charge >= 0.3 is 0 Å². The molecule has 2 rings (SSSR count). The number of nitrogens with one attached hydrogen (secondary N) is 1. The first-order valence-electron chi connectivity index (χ1n) is 5.93. The van der Waals surface area contributed by atoms with Crippen LogP contribution >= 0.6 is 0 Å². The van der Waals surface area contributed by atoms with Gasteiger partial charge in [0, 0.05) is 30.7 Å². The molecule has 18 heavy (non-hydrogen) atoms. The Hall–Kier alpha value is -1.81. The maximum atomic E-state index is 13.1. The monoisotopic (exact) mass is 245 g/mol. The van der Waals surface area contributed by atoms with Crippen LogP contribution in [0.4, 0.5) is 4.39 Å². The second-order valence-electron chi connectivity index (χ2n) is 4.33. The van der Waals surface area contributed by atoms with Crippen LogP contribution in [-0.4, -0.2) is 9.97 Å². The third-order valence-corrected chi connectivity index (χ3v) is 2.93. The van der Waals surface area contributed by atoms with Crippen molar-refractivity contribution in [3.8, 4) is 0 Å². The molecule has 0 aromatic carbocycles. The summed E-state index contributed by atoms with van der Waals surface area (Å²) in [7, 11) is 0. The minimum atomic E-state index is -0.308. The molecule has 2 aromatic rings. The molecule has 0 amide bonds. The van der Waals surface area contributed by atoms with Gasteiger partial charge in [-0.1, -0.05) is 0 Å². The molecular formula is C14H16FN3. The number of pyridine rings is 2. The van der Waals surface area contributed by atoms with Crippen LogP contribution < -0.4 is 5.32 Å². The van der Waals surface area contributed by atoms with Crippen molar-refractivity contribution in [3.05, 3.63) is 59.9 Å². The van der Waals surface area contributed by atoms with Gasteiger partial charge in [-0.05, 0) is 43.2 Å². The van der Waals surface area contributed by atoms with E-state index < -0.39 is 0 Å². The molecule has 3 nitrogen and oxygen atoms in total. The largest absolute Gasteiger partial charge is 0.304 e. The fraction of sp³-hybridized carbons (Fsp3) is 0.286. The third kappa shape index (κ3) is 3.11. The van der Waals surface area contributed by atoms with E-state index in [-0.39, 0.29) is 17.9 Å². The van der Waals surface area contributed by atoms with Crippen LogP contribution in [0.15, 0.2) is 43.0 Å². The van der Waals surface area contributed by atoms with Crippen molar-refractivity contribution in [1.29, 1.82) is 0 Å². The molecule has 0 radical (unpaired) electrons. The van der Waals surface area contributed by atoms with Crippen molar-refractivity contribution < 1.29 is 4.39 Å². The Morgan fingerprint density at radius 1 is 1.00 bits per heavy atom. The molecule has 94 valence electrons. The minimum Gasteiger partial charge on any atom is -0.304 e. The zero-order valence-corrected chi connectivity index (χ0v) is 10.5. The van der Waals surface area contributed by atoms with Crippen molar-refractivity contribution in [2.45, 2.75) is 25.9 Å². The van der Waals surface area contributed by atoms with Crippen molar-refractivity contribution in [3.63, 3.8) is 0 Å². The number of hydrogen-bond donors (Lipinski definition) is 1. The lowest BCUT2D eigenvalue weighted by Crippen LogP contribution is -2.22. The first-order chi connectivity index (χ1) is 8.66. The number of halogens is 1. The van der Waals surface area contributed by atoms with E-state index in [0.717, 1.165) is 11.1 Å². The van der Waals surface area contributed by atoms with Crippen LogP contribution in [-0.2, 0) is 0 Å². The Morgan fingerprint density at radius 2 is 1.67 bits per heavy atom. The smallest absolute Gasteiger partial charge is 0.141 e. The Kier molecular flexibility index (Phi) is 3.99. The molecule has 0 saturated heterocycles. The zero-order valence-electron chi connectivity index (χ0n) is 10.5. The van der Waals surface area contributed by atoms with Crippen LogP contribution in [0, 0.1) is 5.82 Å². The summed E-state index contributed by atoms with van der Waals surface area (Å²) in [6.45, 7) is 4.06. The summed E-state index contributed by atoms with van der Waals surface area (Å²) in [5.74, 6) is -0.308. The molecule has 2 heterocycles. The highest BCUT2D eigenvalue weighted by Gasteiger charge is 2.11. The molecule has 0 fully saturated rings. The van der Waals surface area contributed by atoms with E-state index in [1.54, 1.807) is 18.6 Å². The number of rotatable bonds is 4. The zero-order chi connectivity index (χ0) is 13.0. The molecule has 0 saturated carbocycles. The molecule has 0 spiro atoms. The van der Waals surface area contributed by atoms with Gasteiger partial charge in [0.05, 0.1) is 6.20 Å². The topological polar surface area (TPSA) is 37.8 Å². The summed E-state index contributed by atoms with van der Waals surface area (Å²) >= 11 is 0. The summed E-state index contributed by atoms with van der Waals surface area (Å²) in [5.41, 5.74) is 2.00. The number of hydrogen-bond acceptors (Lipinski definition) is 3. The molecule has 2 unspecified atom stereocenters. The third-order valence-electron chi connectivity index (χ3n) is 2.93. The van der Waals surface area contributed by atoms with Gasteiger partial charge in [0.15, 0.2) is 0 Å². The Morgan fingerprint density at radius 3 is 2.33 bits per heavy atom. The van der Waals surface area contributed by atoms with Gasteiger partial charge in [0.25, 0.3) is 0 Å². The lowest BCUT2D eigenvalue weighted by Gasteiger charge is -2.20. The Labute approximate surface area is 106 Å². The number of nitrogens with zero attached hydrogens (tertiary/aromatic N) is 2. The maximum absolute atomic E-state index is 13.1.